The fourth-order valence-electron chi connectivity index (χ4n) is 5.20. The number of nitrogens with zero attached hydrogens (tertiary/aromatic N) is 1. The Labute approximate surface area is 171 Å². The van der Waals surface area contributed by atoms with Gasteiger partial charge in [-0.15, -0.1) is 0 Å². The van der Waals surface area contributed by atoms with Crippen LogP contribution in [0.5, 0.6) is 0 Å². The number of furan rings is 1. The number of hydrogen-bond acceptors (Lipinski definition) is 2. The first-order valence-corrected chi connectivity index (χ1v) is 10.7. The number of rotatable bonds is 2. The van der Waals surface area contributed by atoms with Crippen LogP contribution in [0.2, 0.25) is 0 Å². The van der Waals surface area contributed by atoms with Gasteiger partial charge in [-0.2, -0.15) is 0 Å². The van der Waals surface area contributed by atoms with Crippen LogP contribution in [0.4, 0.5) is 5.69 Å². The maximum Gasteiger partial charge on any atom is 0.137 e. The van der Waals surface area contributed by atoms with Crippen LogP contribution < -0.4 is 4.90 Å². The minimum atomic E-state index is 0.322. The van der Waals surface area contributed by atoms with Crippen molar-refractivity contribution in [3.63, 3.8) is 0 Å². The molecule has 2 heteroatoms. The number of allylic oxidation sites excluding steroid dienone is 1. The summed E-state index contributed by atoms with van der Waals surface area (Å²) in [6, 6.07) is 22.3. The van der Waals surface area contributed by atoms with Crippen molar-refractivity contribution in [3.8, 4) is 0 Å². The molecule has 0 fully saturated rings. The number of fused-ring (bicyclic) bond motifs is 8. The van der Waals surface area contributed by atoms with E-state index in [-0.39, 0.29) is 0 Å². The zero-order valence-electron chi connectivity index (χ0n) is 17.0. The predicted octanol–water partition coefficient (Wildman–Crippen LogP) is 7.13. The lowest BCUT2D eigenvalue weighted by Gasteiger charge is -2.42. The highest BCUT2D eigenvalue weighted by Crippen LogP contribution is 2.47. The molecule has 1 atom stereocenters. The molecular formula is C27H25NO. The van der Waals surface area contributed by atoms with Crippen LogP contribution >= 0.6 is 0 Å². The molecule has 0 N–H and O–H groups in total. The average Bonchev–Trinajstić information content (AvgIpc) is 3.10. The Morgan fingerprint density at radius 2 is 1.79 bits per heavy atom. The minimum Gasteiger partial charge on any atom is -0.456 e. The summed E-state index contributed by atoms with van der Waals surface area (Å²) in [6.45, 7) is 5.67. The second kappa shape index (κ2) is 6.25. The zero-order valence-corrected chi connectivity index (χ0v) is 17.0. The van der Waals surface area contributed by atoms with Crippen molar-refractivity contribution < 1.29 is 4.42 Å². The maximum atomic E-state index is 6.24. The summed E-state index contributed by atoms with van der Waals surface area (Å²) >= 11 is 0. The second-order valence-electron chi connectivity index (χ2n) is 8.84. The largest absolute Gasteiger partial charge is 0.456 e. The van der Waals surface area contributed by atoms with Crippen LogP contribution in [0.25, 0.3) is 27.5 Å². The Hall–Kier alpha value is -3.00. The van der Waals surface area contributed by atoms with Crippen molar-refractivity contribution >= 4 is 33.2 Å². The molecule has 1 aromatic heterocycles. The standard InChI is InChI=1S/C27H25NO/c1-17(2)13-19-14-24-20-8-4-3-7-18(20)11-12-28(24)25-16-27-23(15-22(19)25)21-9-5-6-10-26(21)29-27/h3-10,14-17,24H,11-13H2,1-2H3. The third kappa shape index (κ3) is 2.55. The SMILES string of the molecule is CC(C)CC1=CC2c3ccccc3CCN2c2cc3oc4ccccc4c3cc21. The van der Waals surface area contributed by atoms with Crippen LogP contribution in [0, 0.1) is 5.92 Å². The van der Waals surface area contributed by atoms with Gasteiger partial charge >= 0.3 is 0 Å². The molecule has 0 saturated heterocycles. The fourth-order valence-corrected chi connectivity index (χ4v) is 5.20. The highest BCUT2D eigenvalue weighted by atomic mass is 16.3. The van der Waals surface area contributed by atoms with E-state index in [9.17, 15) is 0 Å². The Kier molecular flexibility index (Phi) is 3.64. The topological polar surface area (TPSA) is 16.4 Å². The Morgan fingerprint density at radius 1 is 0.966 bits per heavy atom. The van der Waals surface area contributed by atoms with Gasteiger partial charge in [0.05, 0.1) is 6.04 Å². The van der Waals surface area contributed by atoms with Crippen LogP contribution in [-0.2, 0) is 6.42 Å². The molecule has 2 aliphatic heterocycles. The average molecular weight is 380 g/mol. The van der Waals surface area contributed by atoms with E-state index in [1.807, 2.05) is 6.07 Å². The van der Waals surface area contributed by atoms with Crippen LogP contribution in [-0.4, -0.2) is 6.54 Å². The van der Waals surface area contributed by atoms with Gasteiger partial charge in [-0.25, -0.2) is 0 Å². The molecule has 2 nitrogen and oxygen atoms in total. The highest BCUT2D eigenvalue weighted by molar-refractivity contribution is 6.08. The first kappa shape index (κ1) is 16.9. The molecule has 2 aliphatic rings. The van der Waals surface area contributed by atoms with Crippen molar-refractivity contribution in [1.29, 1.82) is 0 Å². The van der Waals surface area contributed by atoms with Crippen molar-refractivity contribution in [2.75, 3.05) is 11.4 Å². The molecule has 3 aromatic carbocycles. The smallest absolute Gasteiger partial charge is 0.137 e. The summed E-state index contributed by atoms with van der Waals surface area (Å²) in [7, 11) is 0. The summed E-state index contributed by atoms with van der Waals surface area (Å²) in [5.41, 5.74) is 9.09. The van der Waals surface area contributed by atoms with E-state index in [1.165, 1.54) is 38.7 Å². The zero-order chi connectivity index (χ0) is 19.5. The molecule has 0 spiro atoms. The van der Waals surface area contributed by atoms with Gasteiger partial charge in [0.2, 0.25) is 0 Å². The lowest BCUT2D eigenvalue weighted by molar-refractivity contribution is 0.639. The Balaban J connectivity index is 1.61. The van der Waals surface area contributed by atoms with E-state index in [4.69, 9.17) is 4.42 Å². The van der Waals surface area contributed by atoms with E-state index >= 15 is 0 Å². The fraction of sp³-hybridized carbons (Fsp3) is 0.259. The third-order valence-electron chi connectivity index (χ3n) is 6.47. The van der Waals surface area contributed by atoms with Crippen molar-refractivity contribution in [2.45, 2.75) is 32.7 Å². The molecule has 4 aromatic rings. The third-order valence-corrected chi connectivity index (χ3v) is 6.47. The van der Waals surface area contributed by atoms with Crippen molar-refractivity contribution in [3.05, 3.63) is 83.4 Å². The molecule has 144 valence electrons. The summed E-state index contributed by atoms with van der Waals surface area (Å²) in [5.74, 6) is 0.622. The highest BCUT2D eigenvalue weighted by Gasteiger charge is 2.32. The summed E-state index contributed by atoms with van der Waals surface area (Å²) in [6.07, 6.45) is 4.72. The van der Waals surface area contributed by atoms with Crippen LogP contribution in [0.3, 0.4) is 0 Å². The van der Waals surface area contributed by atoms with Gasteiger partial charge in [-0.05, 0) is 47.6 Å². The number of benzene rings is 3. The summed E-state index contributed by atoms with van der Waals surface area (Å²) < 4.78 is 6.24. The molecule has 0 saturated carbocycles. The van der Waals surface area contributed by atoms with Gasteiger partial charge < -0.3 is 9.32 Å². The molecule has 29 heavy (non-hydrogen) atoms. The molecule has 0 aliphatic carbocycles. The molecular weight excluding hydrogens is 354 g/mol. The summed E-state index contributed by atoms with van der Waals surface area (Å²) in [5, 5.41) is 2.44. The number of anilines is 1. The number of para-hydroxylation sites is 1. The number of hydrogen-bond donors (Lipinski definition) is 0. The minimum absolute atomic E-state index is 0.322. The first-order chi connectivity index (χ1) is 14.2. The van der Waals surface area contributed by atoms with E-state index in [1.54, 1.807) is 0 Å². The Bertz CT molecular complexity index is 1280. The second-order valence-corrected chi connectivity index (χ2v) is 8.84. The predicted molar refractivity (Wildman–Crippen MR) is 121 cm³/mol. The molecule has 0 amide bonds. The maximum absolute atomic E-state index is 6.24. The van der Waals surface area contributed by atoms with E-state index in [2.05, 4.69) is 79.4 Å². The normalized spacial score (nSPS) is 18.0. The first-order valence-electron chi connectivity index (χ1n) is 10.7. The van der Waals surface area contributed by atoms with Gasteiger partial charge in [-0.1, -0.05) is 62.4 Å². The quantitative estimate of drug-likeness (QED) is 0.368. The summed E-state index contributed by atoms with van der Waals surface area (Å²) in [4.78, 5) is 2.58. The molecule has 0 radical (unpaired) electrons. The van der Waals surface area contributed by atoms with Gasteiger partial charge in [0.1, 0.15) is 11.2 Å². The van der Waals surface area contributed by atoms with E-state index in [0.29, 0.717) is 12.0 Å². The van der Waals surface area contributed by atoms with E-state index < -0.39 is 0 Å². The lowest BCUT2D eigenvalue weighted by atomic mass is 9.83. The van der Waals surface area contributed by atoms with Gasteiger partial charge in [0.15, 0.2) is 0 Å². The van der Waals surface area contributed by atoms with Crippen LogP contribution in [0.15, 0.2) is 71.2 Å². The molecule has 3 heterocycles. The van der Waals surface area contributed by atoms with Gasteiger partial charge in [-0.3, -0.25) is 0 Å². The lowest BCUT2D eigenvalue weighted by Crippen LogP contribution is -2.37. The monoisotopic (exact) mass is 379 g/mol. The van der Waals surface area contributed by atoms with Gasteiger partial charge in [0, 0.05) is 34.6 Å². The van der Waals surface area contributed by atoms with E-state index in [0.717, 1.165) is 30.6 Å². The molecule has 1 unspecified atom stereocenters. The Morgan fingerprint density at radius 3 is 2.69 bits per heavy atom. The van der Waals surface area contributed by atoms with Gasteiger partial charge in [0.25, 0.3) is 0 Å². The molecule has 6 rings (SSSR count). The van der Waals surface area contributed by atoms with Crippen molar-refractivity contribution in [1.82, 2.24) is 0 Å². The molecule has 0 bridgehead atoms. The van der Waals surface area contributed by atoms with Crippen molar-refractivity contribution in [2.24, 2.45) is 5.92 Å². The van der Waals surface area contributed by atoms with Crippen LogP contribution in [0.1, 0.15) is 43.0 Å².